The van der Waals surface area contributed by atoms with Crippen molar-refractivity contribution in [1.82, 2.24) is 29.7 Å². The minimum absolute atomic E-state index is 0.100. The van der Waals surface area contributed by atoms with Crippen molar-refractivity contribution in [2.45, 2.75) is 19.6 Å². The molecular formula is C19H18N6O2. The molecule has 8 heteroatoms. The fourth-order valence-electron chi connectivity index (χ4n) is 3.00. The van der Waals surface area contributed by atoms with Crippen molar-refractivity contribution in [3.8, 4) is 0 Å². The highest BCUT2D eigenvalue weighted by atomic mass is 16.2. The van der Waals surface area contributed by atoms with Crippen molar-refractivity contribution in [2.24, 2.45) is 0 Å². The third kappa shape index (κ3) is 3.69. The molecule has 1 aromatic carbocycles. The molecule has 1 aliphatic heterocycles. The highest BCUT2D eigenvalue weighted by Gasteiger charge is 2.27. The van der Waals surface area contributed by atoms with E-state index < -0.39 is 0 Å². The van der Waals surface area contributed by atoms with Gasteiger partial charge in [0.1, 0.15) is 5.69 Å². The number of imidazole rings is 1. The van der Waals surface area contributed by atoms with Gasteiger partial charge in [-0.2, -0.15) is 0 Å². The van der Waals surface area contributed by atoms with Gasteiger partial charge >= 0.3 is 0 Å². The normalized spacial score (nSPS) is 13.3. The first-order valence-corrected chi connectivity index (χ1v) is 8.64. The van der Waals surface area contributed by atoms with Gasteiger partial charge in [0.2, 0.25) is 0 Å². The average molecular weight is 362 g/mol. The second-order valence-corrected chi connectivity index (χ2v) is 6.23. The van der Waals surface area contributed by atoms with Gasteiger partial charge in [0, 0.05) is 38.2 Å². The Bertz CT molecular complexity index is 955. The van der Waals surface area contributed by atoms with Crippen LogP contribution in [0, 0.1) is 0 Å². The van der Waals surface area contributed by atoms with E-state index in [9.17, 15) is 9.59 Å². The van der Waals surface area contributed by atoms with Crippen LogP contribution >= 0.6 is 0 Å². The van der Waals surface area contributed by atoms with Crippen LogP contribution in [0.4, 0.5) is 0 Å². The predicted molar refractivity (Wildman–Crippen MR) is 96.6 cm³/mol. The van der Waals surface area contributed by atoms with Crippen molar-refractivity contribution < 1.29 is 9.59 Å². The Morgan fingerprint density at radius 2 is 2.00 bits per heavy atom. The molecule has 3 heterocycles. The summed E-state index contributed by atoms with van der Waals surface area (Å²) in [5.41, 5.74) is 1.96. The SMILES string of the molecule is O=C(NCc1cn2c(n1)C(=O)N(Cc1ccccc1)CC2)c1cnccn1. The summed E-state index contributed by atoms with van der Waals surface area (Å²) in [4.78, 5) is 38.8. The second kappa shape index (κ2) is 7.36. The van der Waals surface area contributed by atoms with Gasteiger partial charge in [-0.3, -0.25) is 14.6 Å². The number of aromatic nitrogens is 4. The summed E-state index contributed by atoms with van der Waals surface area (Å²) in [6.45, 7) is 2.09. The smallest absolute Gasteiger partial charge is 0.290 e. The maximum Gasteiger partial charge on any atom is 0.290 e. The summed E-state index contributed by atoms with van der Waals surface area (Å²) in [5.74, 6) is -0.0244. The van der Waals surface area contributed by atoms with Crippen molar-refractivity contribution in [3.63, 3.8) is 0 Å². The molecular weight excluding hydrogens is 344 g/mol. The van der Waals surface area contributed by atoms with Gasteiger partial charge in [0.25, 0.3) is 11.8 Å². The zero-order chi connectivity index (χ0) is 18.6. The van der Waals surface area contributed by atoms with E-state index in [-0.39, 0.29) is 24.1 Å². The van der Waals surface area contributed by atoms with Crippen LogP contribution in [0.25, 0.3) is 0 Å². The molecule has 1 aliphatic rings. The lowest BCUT2D eigenvalue weighted by molar-refractivity contribution is 0.0683. The Morgan fingerprint density at radius 3 is 2.78 bits per heavy atom. The number of hydrogen-bond donors (Lipinski definition) is 1. The van der Waals surface area contributed by atoms with Crippen LogP contribution < -0.4 is 5.32 Å². The first kappa shape index (κ1) is 16.9. The van der Waals surface area contributed by atoms with E-state index >= 15 is 0 Å². The van der Waals surface area contributed by atoms with E-state index in [1.165, 1.54) is 18.6 Å². The van der Waals surface area contributed by atoms with Crippen LogP contribution in [-0.4, -0.2) is 42.8 Å². The molecule has 0 fully saturated rings. The molecule has 8 nitrogen and oxygen atoms in total. The lowest BCUT2D eigenvalue weighted by Crippen LogP contribution is -2.39. The molecule has 1 N–H and O–H groups in total. The van der Waals surface area contributed by atoms with Crippen LogP contribution in [0.2, 0.25) is 0 Å². The largest absolute Gasteiger partial charge is 0.345 e. The molecule has 3 aromatic rings. The molecule has 0 atom stereocenters. The van der Waals surface area contributed by atoms with Crippen molar-refractivity contribution in [3.05, 3.63) is 77.9 Å². The number of rotatable bonds is 5. The van der Waals surface area contributed by atoms with Crippen LogP contribution in [0.15, 0.2) is 55.1 Å². The van der Waals surface area contributed by atoms with Gasteiger partial charge in [0.05, 0.1) is 18.4 Å². The second-order valence-electron chi connectivity index (χ2n) is 6.23. The molecule has 2 amide bonds. The van der Waals surface area contributed by atoms with E-state index in [2.05, 4.69) is 20.3 Å². The molecule has 4 rings (SSSR count). The maximum absolute atomic E-state index is 12.7. The summed E-state index contributed by atoms with van der Waals surface area (Å²) in [5, 5.41) is 2.75. The summed E-state index contributed by atoms with van der Waals surface area (Å²) in [7, 11) is 0. The number of nitrogens with zero attached hydrogens (tertiary/aromatic N) is 5. The number of carbonyl (C=O) groups excluding carboxylic acids is 2. The highest BCUT2D eigenvalue weighted by Crippen LogP contribution is 2.16. The summed E-state index contributed by atoms with van der Waals surface area (Å²) in [6.07, 6.45) is 6.18. The quantitative estimate of drug-likeness (QED) is 0.738. The van der Waals surface area contributed by atoms with Gasteiger partial charge in [-0.1, -0.05) is 30.3 Å². The third-order valence-corrected chi connectivity index (χ3v) is 4.36. The molecule has 27 heavy (non-hydrogen) atoms. The minimum atomic E-state index is -0.328. The molecule has 0 unspecified atom stereocenters. The summed E-state index contributed by atoms with van der Waals surface area (Å²) in [6, 6.07) is 9.88. The van der Waals surface area contributed by atoms with Gasteiger partial charge in [-0.15, -0.1) is 0 Å². The van der Waals surface area contributed by atoms with Crippen molar-refractivity contribution >= 4 is 11.8 Å². The third-order valence-electron chi connectivity index (χ3n) is 4.36. The van der Waals surface area contributed by atoms with Gasteiger partial charge in [-0.25, -0.2) is 9.97 Å². The van der Waals surface area contributed by atoms with Gasteiger partial charge < -0.3 is 14.8 Å². The Kier molecular flexibility index (Phi) is 4.61. The van der Waals surface area contributed by atoms with Crippen LogP contribution in [-0.2, 0) is 19.6 Å². The zero-order valence-corrected chi connectivity index (χ0v) is 14.6. The monoisotopic (exact) mass is 362 g/mol. The highest BCUT2D eigenvalue weighted by molar-refractivity contribution is 5.92. The van der Waals surface area contributed by atoms with Crippen LogP contribution in [0.5, 0.6) is 0 Å². The van der Waals surface area contributed by atoms with Crippen molar-refractivity contribution in [2.75, 3.05) is 6.54 Å². The van der Waals surface area contributed by atoms with E-state index in [1.807, 2.05) is 41.1 Å². The molecule has 2 aromatic heterocycles. The number of amides is 2. The Balaban J connectivity index is 1.42. The number of fused-ring (bicyclic) bond motifs is 1. The van der Waals surface area contributed by atoms with Crippen LogP contribution in [0.1, 0.15) is 32.4 Å². The number of nitrogens with one attached hydrogen (secondary N) is 1. The molecule has 0 spiro atoms. The van der Waals surface area contributed by atoms with Crippen LogP contribution in [0.3, 0.4) is 0 Å². The summed E-state index contributed by atoms with van der Waals surface area (Å²) < 4.78 is 1.84. The van der Waals surface area contributed by atoms with E-state index in [1.54, 1.807) is 4.90 Å². The number of hydrogen-bond acceptors (Lipinski definition) is 5. The lowest BCUT2D eigenvalue weighted by Gasteiger charge is -2.27. The minimum Gasteiger partial charge on any atom is -0.345 e. The summed E-state index contributed by atoms with van der Waals surface area (Å²) >= 11 is 0. The van der Waals surface area contributed by atoms with E-state index in [0.29, 0.717) is 31.2 Å². The average Bonchev–Trinajstić information content (AvgIpc) is 3.14. The van der Waals surface area contributed by atoms with E-state index in [0.717, 1.165) is 5.56 Å². The lowest BCUT2D eigenvalue weighted by atomic mass is 10.2. The number of carbonyl (C=O) groups is 2. The topological polar surface area (TPSA) is 93.0 Å². The molecule has 0 saturated heterocycles. The molecule has 136 valence electrons. The van der Waals surface area contributed by atoms with Crippen molar-refractivity contribution in [1.29, 1.82) is 0 Å². The first-order valence-electron chi connectivity index (χ1n) is 8.64. The Morgan fingerprint density at radius 1 is 1.15 bits per heavy atom. The fourth-order valence-corrected chi connectivity index (χ4v) is 3.00. The molecule has 0 saturated carbocycles. The Labute approximate surface area is 155 Å². The van der Waals surface area contributed by atoms with Gasteiger partial charge in [-0.05, 0) is 5.56 Å². The zero-order valence-electron chi connectivity index (χ0n) is 14.6. The Hall–Kier alpha value is -3.55. The fraction of sp³-hybridized carbons (Fsp3) is 0.211. The predicted octanol–water partition coefficient (Wildman–Crippen LogP) is 1.26. The van der Waals surface area contributed by atoms with Gasteiger partial charge in [0.15, 0.2) is 5.82 Å². The number of benzene rings is 1. The first-order chi connectivity index (χ1) is 13.2. The van der Waals surface area contributed by atoms with E-state index in [4.69, 9.17) is 0 Å². The molecule has 0 radical (unpaired) electrons. The molecule has 0 aliphatic carbocycles. The molecule has 0 bridgehead atoms. The standard InChI is InChI=1S/C19H18N6O2/c26-18(16-11-20-6-7-21-16)22-10-15-13-24-8-9-25(19(27)17(24)23-15)12-14-4-2-1-3-5-14/h1-7,11,13H,8-10,12H2,(H,22,26). The maximum atomic E-state index is 12.7.